The highest BCUT2D eigenvalue weighted by Crippen LogP contribution is 2.19. The van der Waals surface area contributed by atoms with Crippen molar-refractivity contribution in [2.24, 2.45) is 0 Å². The molecule has 0 aromatic carbocycles. The lowest BCUT2D eigenvalue weighted by molar-refractivity contribution is -0.521. The lowest BCUT2D eigenvalue weighted by atomic mass is 10.0. The molecule has 0 aromatic rings. The number of halogens is 1. The summed E-state index contributed by atoms with van der Waals surface area (Å²) in [6, 6.07) is -0.721. The number of nitro groups is 1. The molecule has 0 aliphatic carbocycles. The van der Waals surface area contributed by atoms with Gasteiger partial charge in [-0.05, 0) is 25.7 Å². The van der Waals surface area contributed by atoms with Crippen LogP contribution in [0.25, 0.3) is 0 Å². The van der Waals surface area contributed by atoms with E-state index in [2.05, 4.69) is 6.92 Å². The molecule has 0 radical (unpaired) electrons. The van der Waals surface area contributed by atoms with Crippen molar-refractivity contribution in [3.63, 3.8) is 0 Å². The first-order valence-corrected chi connectivity index (χ1v) is 9.57. The van der Waals surface area contributed by atoms with E-state index >= 15 is 0 Å². The lowest BCUT2D eigenvalue weighted by Gasteiger charge is -2.13. The maximum Gasteiger partial charge on any atom is 0.303 e. The first-order valence-electron chi connectivity index (χ1n) is 9.13. The normalized spacial score (nSPS) is 13.9. The quantitative estimate of drug-likeness (QED) is 0.128. The summed E-state index contributed by atoms with van der Waals surface area (Å²) < 4.78 is 0. The molecule has 0 saturated heterocycles. The summed E-state index contributed by atoms with van der Waals surface area (Å²) in [5.41, 5.74) is 0. The highest BCUT2D eigenvalue weighted by atomic mass is 35.5. The third kappa shape index (κ3) is 13.3. The molecule has 5 nitrogen and oxygen atoms in total. The zero-order valence-electron chi connectivity index (χ0n) is 14.8. The molecule has 0 rings (SSSR count). The Morgan fingerprint density at radius 3 is 2.42 bits per heavy atom. The van der Waals surface area contributed by atoms with Crippen LogP contribution in [0.1, 0.15) is 84.0 Å². The number of alkyl halides is 1. The van der Waals surface area contributed by atoms with Crippen LogP contribution < -0.4 is 0 Å². The van der Waals surface area contributed by atoms with Crippen LogP contribution >= 0.6 is 11.6 Å². The van der Waals surface area contributed by atoms with Crippen LogP contribution in [-0.2, 0) is 4.79 Å². The summed E-state index contributed by atoms with van der Waals surface area (Å²) >= 11 is 6.23. The van der Waals surface area contributed by atoms with Gasteiger partial charge in [0.1, 0.15) is 5.38 Å². The molecule has 2 unspecified atom stereocenters. The Hall–Kier alpha value is -1.10. The maximum atomic E-state index is 11.2. The SMILES string of the molecule is CCCCCC=CCC(C(Cl)CCCCCCCC(=O)O)[N+](=O)[O-]. The van der Waals surface area contributed by atoms with Gasteiger partial charge in [0.25, 0.3) is 0 Å². The summed E-state index contributed by atoms with van der Waals surface area (Å²) in [6.07, 6.45) is 14.0. The molecule has 0 saturated carbocycles. The number of allylic oxidation sites excluding steroid dienone is 1. The van der Waals surface area contributed by atoms with Crippen LogP contribution in [0.15, 0.2) is 12.2 Å². The highest BCUT2D eigenvalue weighted by molar-refractivity contribution is 6.21. The van der Waals surface area contributed by atoms with E-state index in [1.807, 2.05) is 12.2 Å². The van der Waals surface area contributed by atoms with Gasteiger partial charge in [-0.25, -0.2) is 0 Å². The Morgan fingerprint density at radius 1 is 1.12 bits per heavy atom. The average Bonchev–Trinajstić information content (AvgIpc) is 2.52. The molecule has 0 aliphatic heterocycles. The Morgan fingerprint density at radius 2 is 1.79 bits per heavy atom. The topological polar surface area (TPSA) is 80.4 Å². The van der Waals surface area contributed by atoms with Gasteiger partial charge in [0.2, 0.25) is 6.04 Å². The number of carboxylic acids is 1. The van der Waals surface area contributed by atoms with E-state index in [0.717, 1.165) is 38.5 Å². The molecule has 0 fully saturated rings. The molecule has 140 valence electrons. The van der Waals surface area contributed by atoms with E-state index in [1.54, 1.807) is 0 Å². The van der Waals surface area contributed by atoms with Gasteiger partial charge in [-0.15, -0.1) is 11.6 Å². The second kappa shape index (κ2) is 15.4. The van der Waals surface area contributed by atoms with Crippen LogP contribution in [-0.4, -0.2) is 27.4 Å². The van der Waals surface area contributed by atoms with Gasteiger partial charge in [0.15, 0.2) is 0 Å². The minimum absolute atomic E-state index is 0.214. The molecule has 2 atom stereocenters. The monoisotopic (exact) mass is 361 g/mol. The van der Waals surface area contributed by atoms with E-state index in [4.69, 9.17) is 16.7 Å². The van der Waals surface area contributed by atoms with Gasteiger partial charge in [-0.1, -0.05) is 57.6 Å². The number of rotatable bonds is 16. The Labute approximate surface area is 150 Å². The van der Waals surface area contributed by atoms with Crippen molar-refractivity contribution in [2.45, 2.75) is 95.4 Å². The van der Waals surface area contributed by atoms with Crippen LogP contribution in [0.4, 0.5) is 0 Å². The lowest BCUT2D eigenvalue weighted by Crippen LogP contribution is -2.29. The number of hydrogen-bond donors (Lipinski definition) is 1. The van der Waals surface area contributed by atoms with E-state index in [9.17, 15) is 14.9 Å². The fourth-order valence-electron chi connectivity index (χ4n) is 2.57. The fourth-order valence-corrected chi connectivity index (χ4v) is 2.92. The molecule has 0 bridgehead atoms. The number of nitrogens with zero attached hydrogens (tertiary/aromatic N) is 1. The molecule has 6 heteroatoms. The van der Waals surface area contributed by atoms with Gasteiger partial charge < -0.3 is 5.11 Å². The second-order valence-corrected chi connectivity index (χ2v) is 6.83. The maximum absolute atomic E-state index is 11.2. The molecule has 0 aromatic heterocycles. The van der Waals surface area contributed by atoms with Crippen molar-refractivity contribution < 1.29 is 14.8 Å². The smallest absolute Gasteiger partial charge is 0.303 e. The van der Waals surface area contributed by atoms with Crippen LogP contribution in [0.2, 0.25) is 0 Å². The molecule has 0 aliphatic rings. The van der Waals surface area contributed by atoms with Crippen molar-refractivity contribution in [2.75, 3.05) is 0 Å². The summed E-state index contributed by atoms with van der Waals surface area (Å²) in [6.45, 7) is 2.15. The third-order valence-electron chi connectivity index (χ3n) is 4.08. The highest BCUT2D eigenvalue weighted by Gasteiger charge is 2.27. The van der Waals surface area contributed by atoms with Gasteiger partial charge in [-0.2, -0.15) is 0 Å². The zero-order chi connectivity index (χ0) is 18.2. The summed E-state index contributed by atoms with van der Waals surface area (Å²) in [5, 5.41) is 19.3. The van der Waals surface area contributed by atoms with Gasteiger partial charge in [0.05, 0.1) is 0 Å². The number of hydrogen-bond acceptors (Lipinski definition) is 3. The zero-order valence-corrected chi connectivity index (χ0v) is 15.5. The van der Waals surface area contributed by atoms with E-state index in [0.29, 0.717) is 19.3 Å². The first-order chi connectivity index (χ1) is 11.5. The van der Waals surface area contributed by atoms with E-state index in [1.165, 1.54) is 12.8 Å². The molecule has 1 N–H and O–H groups in total. The van der Waals surface area contributed by atoms with Crippen LogP contribution in [0, 0.1) is 10.1 Å². The molecule has 24 heavy (non-hydrogen) atoms. The predicted octanol–water partition coefficient (Wildman–Crippen LogP) is 5.58. The summed E-state index contributed by atoms with van der Waals surface area (Å²) in [5.74, 6) is -0.757. The minimum Gasteiger partial charge on any atom is -0.481 e. The minimum atomic E-state index is -0.757. The van der Waals surface area contributed by atoms with Crippen molar-refractivity contribution in [1.82, 2.24) is 0 Å². The number of unbranched alkanes of at least 4 members (excludes halogenated alkanes) is 7. The molecular weight excluding hydrogens is 330 g/mol. The van der Waals surface area contributed by atoms with Crippen molar-refractivity contribution in [1.29, 1.82) is 0 Å². The summed E-state index contributed by atoms with van der Waals surface area (Å²) in [4.78, 5) is 21.3. The van der Waals surface area contributed by atoms with Crippen molar-refractivity contribution in [3.8, 4) is 0 Å². The second-order valence-electron chi connectivity index (χ2n) is 6.27. The first kappa shape index (κ1) is 22.9. The summed E-state index contributed by atoms with van der Waals surface area (Å²) in [7, 11) is 0. The van der Waals surface area contributed by atoms with Gasteiger partial charge in [-0.3, -0.25) is 14.9 Å². The average molecular weight is 362 g/mol. The van der Waals surface area contributed by atoms with Gasteiger partial charge in [0, 0.05) is 17.8 Å². The van der Waals surface area contributed by atoms with Crippen molar-refractivity contribution >= 4 is 17.6 Å². The third-order valence-corrected chi connectivity index (χ3v) is 4.59. The van der Waals surface area contributed by atoms with Crippen molar-refractivity contribution in [3.05, 3.63) is 22.3 Å². The van der Waals surface area contributed by atoms with E-state index < -0.39 is 17.4 Å². The molecule has 0 heterocycles. The number of carbonyl (C=O) groups is 1. The Bertz CT molecular complexity index is 374. The molecule has 0 amide bonds. The standard InChI is InChI=1S/C18H32ClNO4/c1-2-3-4-5-8-11-14-17(20(23)24)16(19)13-10-7-6-9-12-15-18(21)22/h8,11,16-17H,2-7,9-10,12-15H2,1H3,(H,21,22). The fraction of sp³-hybridized carbons (Fsp3) is 0.833. The van der Waals surface area contributed by atoms with Crippen LogP contribution in [0.3, 0.4) is 0 Å². The largest absolute Gasteiger partial charge is 0.481 e. The van der Waals surface area contributed by atoms with Crippen LogP contribution in [0.5, 0.6) is 0 Å². The predicted molar refractivity (Wildman–Crippen MR) is 98.3 cm³/mol. The molecular formula is C18H32ClNO4. The number of aliphatic carboxylic acids is 1. The molecule has 0 spiro atoms. The Kier molecular flexibility index (Phi) is 14.7. The Balaban J connectivity index is 3.89. The van der Waals surface area contributed by atoms with Gasteiger partial charge >= 0.3 is 5.97 Å². The van der Waals surface area contributed by atoms with E-state index in [-0.39, 0.29) is 11.3 Å². The number of carboxylic acid groups (broad SMARTS) is 1.